The molecule has 1 aliphatic heterocycles. The molecule has 4 nitrogen and oxygen atoms in total. The predicted molar refractivity (Wildman–Crippen MR) is 85.9 cm³/mol. The lowest BCUT2D eigenvalue weighted by Gasteiger charge is -2.17. The molecule has 1 aromatic heterocycles. The molecule has 0 atom stereocenters. The van der Waals surface area contributed by atoms with Crippen LogP contribution in [0.1, 0.15) is 18.4 Å². The fraction of sp³-hybridized carbons (Fsp3) is 0.375. The highest BCUT2D eigenvalue weighted by molar-refractivity contribution is 7.14. The molecule has 1 N–H and O–H groups in total. The number of fused-ring (bicyclic) bond motifs is 1. The van der Waals surface area contributed by atoms with Crippen LogP contribution in [-0.2, 0) is 11.2 Å². The van der Waals surface area contributed by atoms with Gasteiger partial charge in [-0.25, -0.2) is 4.98 Å². The molecule has 1 saturated carbocycles. The molecule has 0 unspecified atom stereocenters. The molecule has 21 heavy (non-hydrogen) atoms. The van der Waals surface area contributed by atoms with Crippen molar-refractivity contribution < 1.29 is 4.79 Å². The summed E-state index contributed by atoms with van der Waals surface area (Å²) < 4.78 is 0. The van der Waals surface area contributed by atoms with Crippen molar-refractivity contribution in [3.63, 3.8) is 0 Å². The second-order valence-electron chi connectivity index (χ2n) is 5.65. The fourth-order valence-corrected chi connectivity index (χ4v) is 3.54. The third-order valence-electron chi connectivity index (χ3n) is 4.18. The van der Waals surface area contributed by atoms with Gasteiger partial charge in [-0.3, -0.25) is 4.79 Å². The van der Waals surface area contributed by atoms with Gasteiger partial charge in [0.25, 0.3) is 0 Å². The lowest BCUT2D eigenvalue weighted by molar-refractivity contribution is -0.119. The Labute approximate surface area is 127 Å². The quantitative estimate of drug-likeness (QED) is 0.947. The van der Waals surface area contributed by atoms with Crippen LogP contribution in [0.15, 0.2) is 23.6 Å². The number of aromatic nitrogens is 1. The van der Waals surface area contributed by atoms with Crippen molar-refractivity contribution in [2.75, 3.05) is 23.8 Å². The monoisotopic (exact) mass is 299 g/mol. The average Bonchev–Trinajstić information content (AvgIpc) is 3.11. The highest BCUT2D eigenvalue weighted by Crippen LogP contribution is 2.38. The van der Waals surface area contributed by atoms with Crippen molar-refractivity contribution >= 4 is 28.1 Å². The van der Waals surface area contributed by atoms with Crippen molar-refractivity contribution in [2.45, 2.75) is 19.3 Å². The van der Waals surface area contributed by atoms with E-state index in [0.29, 0.717) is 5.91 Å². The zero-order chi connectivity index (χ0) is 14.4. The van der Waals surface area contributed by atoms with E-state index in [1.807, 2.05) is 11.9 Å². The van der Waals surface area contributed by atoms with Crippen LogP contribution >= 0.6 is 11.3 Å². The molecule has 5 heteroatoms. The van der Waals surface area contributed by atoms with Gasteiger partial charge in [0.1, 0.15) is 0 Å². The third-order valence-corrected chi connectivity index (χ3v) is 5.04. The van der Waals surface area contributed by atoms with Crippen molar-refractivity contribution in [3.05, 3.63) is 29.1 Å². The largest absolute Gasteiger partial charge is 0.365 e. The van der Waals surface area contributed by atoms with E-state index < -0.39 is 0 Å². The van der Waals surface area contributed by atoms with Crippen molar-refractivity contribution in [1.29, 1.82) is 0 Å². The Balaban J connectivity index is 1.64. The highest BCUT2D eigenvalue weighted by Gasteiger charge is 2.36. The molecule has 0 saturated heterocycles. The van der Waals surface area contributed by atoms with Gasteiger partial charge in [-0.2, -0.15) is 0 Å². The Morgan fingerprint density at radius 2 is 2.29 bits per heavy atom. The first-order chi connectivity index (χ1) is 10.3. The predicted octanol–water partition coefficient (Wildman–Crippen LogP) is 3.15. The van der Waals surface area contributed by atoms with E-state index in [2.05, 4.69) is 33.9 Å². The smallest absolute Gasteiger partial charge is 0.230 e. The summed E-state index contributed by atoms with van der Waals surface area (Å²) in [6.45, 7) is 0.826. The normalized spacial score (nSPS) is 16.9. The van der Waals surface area contributed by atoms with Gasteiger partial charge in [0.15, 0.2) is 5.13 Å². The van der Waals surface area contributed by atoms with E-state index >= 15 is 0 Å². The second kappa shape index (κ2) is 4.84. The van der Waals surface area contributed by atoms with Gasteiger partial charge in [0, 0.05) is 36.1 Å². The lowest BCUT2D eigenvalue weighted by atomic mass is 10.1. The summed E-state index contributed by atoms with van der Waals surface area (Å²) in [4.78, 5) is 18.8. The molecule has 1 amide bonds. The fourth-order valence-electron chi connectivity index (χ4n) is 2.86. The summed E-state index contributed by atoms with van der Waals surface area (Å²) in [7, 11) is 1.88. The Morgan fingerprint density at radius 1 is 1.43 bits per heavy atom. The van der Waals surface area contributed by atoms with Gasteiger partial charge in [-0.1, -0.05) is 6.07 Å². The zero-order valence-corrected chi connectivity index (χ0v) is 12.7. The van der Waals surface area contributed by atoms with Crippen LogP contribution in [-0.4, -0.2) is 24.5 Å². The van der Waals surface area contributed by atoms with Crippen LogP contribution in [0.2, 0.25) is 0 Å². The van der Waals surface area contributed by atoms with Gasteiger partial charge < -0.3 is 10.2 Å². The van der Waals surface area contributed by atoms with Gasteiger partial charge in [0.2, 0.25) is 5.91 Å². The summed E-state index contributed by atoms with van der Waals surface area (Å²) in [5, 5.41) is 6.06. The number of hydrogen-bond acceptors (Lipinski definition) is 4. The number of amides is 1. The maximum atomic E-state index is 12.3. The SMILES string of the molecule is CNc1nc(-c2ccc3c(c2)CCN3C(=O)C2CC2)cs1. The van der Waals surface area contributed by atoms with E-state index in [9.17, 15) is 4.79 Å². The topological polar surface area (TPSA) is 45.2 Å². The summed E-state index contributed by atoms with van der Waals surface area (Å²) in [5.74, 6) is 0.597. The van der Waals surface area contributed by atoms with E-state index in [0.717, 1.165) is 47.9 Å². The van der Waals surface area contributed by atoms with Gasteiger partial charge in [-0.15, -0.1) is 11.3 Å². The number of nitrogens with one attached hydrogen (secondary N) is 1. The molecule has 1 fully saturated rings. The number of nitrogens with zero attached hydrogens (tertiary/aromatic N) is 2. The maximum absolute atomic E-state index is 12.3. The van der Waals surface area contributed by atoms with Gasteiger partial charge >= 0.3 is 0 Å². The number of anilines is 2. The maximum Gasteiger partial charge on any atom is 0.230 e. The Morgan fingerprint density at radius 3 is 3.00 bits per heavy atom. The van der Waals surface area contributed by atoms with Crippen LogP contribution in [0.5, 0.6) is 0 Å². The third kappa shape index (κ3) is 2.21. The first-order valence-electron chi connectivity index (χ1n) is 7.34. The Bertz CT molecular complexity index is 705. The van der Waals surface area contributed by atoms with Gasteiger partial charge in [0.05, 0.1) is 5.69 Å². The molecule has 0 spiro atoms. The van der Waals surface area contributed by atoms with Crippen LogP contribution in [0.3, 0.4) is 0 Å². The minimum Gasteiger partial charge on any atom is -0.365 e. The molecule has 2 aromatic rings. The molecule has 2 aliphatic rings. The van der Waals surface area contributed by atoms with Crippen LogP contribution < -0.4 is 10.2 Å². The Hall–Kier alpha value is -1.88. The summed E-state index contributed by atoms with van der Waals surface area (Å²) in [6.07, 6.45) is 3.08. The minimum atomic E-state index is 0.285. The minimum absolute atomic E-state index is 0.285. The van der Waals surface area contributed by atoms with E-state index in [-0.39, 0.29) is 5.92 Å². The zero-order valence-electron chi connectivity index (χ0n) is 11.9. The molecule has 0 bridgehead atoms. The van der Waals surface area contributed by atoms with Crippen LogP contribution in [0.4, 0.5) is 10.8 Å². The molecular formula is C16H17N3OS. The van der Waals surface area contributed by atoms with Gasteiger partial charge in [-0.05, 0) is 37.0 Å². The van der Waals surface area contributed by atoms with Crippen LogP contribution in [0, 0.1) is 5.92 Å². The van der Waals surface area contributed by atoms with Crippen LogP contribution in [0.25, 0.3) is 11.3 Å². The molecule has 2 heterocycles. The second-order valence-corrected chi connectivity index (χ2v) is 6.50. The highest BCUT2D eigenvalue weighted by atomic mass is 32.1. The first kappa shape index (κ1) is 12.8. The van der Waals surface area contributed by atoms with E-state index in [1.165, 1.54) is 5.56 Å². The number of carbonyl (C=O) groups is 1. The summed E-state index contributed by atoms with van der Waals surface area (Å²) in [6, 6.07) is 6.34. The molecule has 4 rings (SSSR count). The number of benzene rings is 1. The number of hydrogen-bond donors (Lipinski definition) is 1. The number of thiazole rings is 1. The first-order valence-corrected chi connectivity index (χ1v) is 8.22. The van der Waals surface area contributed by atoms with Crippen molar-refractivity contribution in [3.8, 4) is 11.3 Å². The molecule has 108 valence electrons. The van der Waals surface area contributed by atoms with Crippen molar-refractivity contribution in [1.82, 2.24) is 4.98 Å². The van der Waals surface area contributed by atoms with Crippen molar-refractivity contribution in [2.24, 2.45) is 5.92 Å². The molecular weight excluding hydrogens is 282 g/mol. The summed E-state index contributed by atoms with van der Waals surface area (Å²) >= 11 is 1.61. The molecule has 1 aliphatic carbocycles. The Kier molecular flexibility index (Phi) is 2.96. The lowest BCUT2D eigenvalue weighted by Crippen LogP contribution is -2.30. The number of carbonyl (C=O) groups excluding carboxylic acids is 1. The standard InChI is InChI=1S/C16H17N3OS/c1-17-16-18-13(9-21-16)11-4-5-14-12(8-11)6-7-19(14)15(20)10-2-3-10/h4-5,8-10H,2-3,6-7H2,1H3,(H,17,18). The van der Waals surface area contributed by atoms with E-state index in [4.69, 9.17) is 0 Å². The van der Waals surface area contributed by atoms with E-state index in [1.54, 1.807) is 11.3 Å². The average molecular weight is 299 g/mol. The molecule has 0 radical (unpaired) electrons. The summed E-state index contributed by atoms with van der Waals surface area (Å²) in [5.41, 5.74) is 4.49. The molecule has 1 aromatic carbocycles. The number of rotatable bonds is 3.